The number of hydrogen-bond donors (Lipinski definition) is 1. The zero-order valence-electron chi connectivity index (χ0n) is 9.92. The highest BCUT2D eigenvalue weighted by Gasteiger charge is 2.04. The summed E-state index contributed by atoms with van der Waals surface area (Å²) < 4.78 is 2.30. The molecule has 1 N–H and O–H groups in total. The first-order chi connectivity index (χ1) is 7.29. The van der Waals surface area contributed by atoms with E-state index in [2.05, 4.69) is 35.0 Å². The van der Waals surface area contributed by atoms with E-state index in [1.807, 2.05) is 18.0 Å². The van der Waals surface area contributed by atoms with E-state index >= 15 is 0 Å². The van der Waals surface area contributed by atoms with E-state index in [1.165, 1.54) is 12.1 Å². The molecule has 0 aliphatic carbocycles. The second-order valence-corrected chi connectivity index (χ2v) is 4.60. The number of rotatable bonds is 7. The van der Waals surface area contributed by atoms with Crippen LogP contribution in [-0.4, -0.2) is 28.1 Å². The van der Waals surface area contributed by atoms with Gasteiger partial charge in [0, 0.05) is 25.0 Å². The third kappa shape index (κ3) is 3.87. The van der Waals surface area contributed by atoms with Gasteiger partial charge < -0.3 is 9.88 Å². The van der Waals surface area contributed by atoms with Crippen molar-refractivity contribution in [3.8, 4) is 0 Å². The number of imidazole rings is 1. The molecular weight excluding hydrogens is 206 g/mol. The van der Waals surface area contributed by atoms with Crippen LogP contribution in [0.2, 0.25) is 0 Å². The van der Waals surface area contributed by atoms with Crippen LogP contribution in [0.5, 0.6) is 0 Å². The lowest BCUT2D eigenvalue weighted by molar-refractivity contribution is 0.617. The minimum atomic E-state index is 0.934. The van der Waals surface area contributed by atoms with Gasteiger partial charge in [0.25, 0.3) is 0 Å². The highest BCUT2D eigenvalue weighted by Crippen LogP contribution is 2.06. The van der Waals surface area contributed by atoms with Crippen LogP contribution in [0.15, 0.2) is 6.20 Å². The lowest BCUT2D eigenvalue weighted by atomic mass is 10.4. The number of aromatic nitrogens is 2. The van der Waals surface area contributed by atoms with Gasteiger partial charge in [-0.1, -0.05) is 6.92 Å². The Morgan fingerprint density at radius 3 is 3.00 bits per heavy atom. The summed E-state index contributed by atoms with van der Waals surface area (Å²) in [5.41, 5.74) is 1.30. The van der Waals surface area contributed by atoms with E-state index in [4.69, 9.17) is 0 Å². The van der Waals surface area contributed by atoms with Gasteiger partial charge in [-0.05, 0) is 26.1 Å². The fourth-order valence-corrected chi connectivity index (χ4v) is 1.90. The Kier molecular flexibility index (Phi) is 5.79. The van der Waals surface area contributed by atoms with E-state index in [-0.39, 0.29) is 0 Å². The van der Waals surface area contributed by atoms with Crippen molar-refractivity contribution in [1.29, 1.82) is 0 Å². The molecule has 0 saturated heterocycles. The molecule has 4 heteroatoms. The van der Waals surface area contributed by atoms with Crippen LogP contribution in [0.4, 0.5) is 0 Å². The summed E-state index contributed by atoms with van der Waals surface area (Å²) >= 11 is 1.88. The maximum absolute atomic E-state index is 4.36. The van der Waals surface area contributed by atoms with Crippen molar-refractivity contribution >= 4 is 11.8 Å². The minimum Gasteiger partial charge on any atom is -0.330 e. The first kappa shape index (κ1) is 12.6. The van der Waals surface area contributed by atoms with Gasteiger partial charge in [0.1, 0.15) is 5.82 Å². The first-order valence-electron chi connectivity index (χ1n) is 5.50. The number of nitrogens with one attached hydrogen (secondary N) is 1. The van der Waals surface area contributed by atoms with E-state index in [1.54, 1.807) is 0 Å². The van der Waals surface area contributed by atoms with E-state index < -0.39 is 0 Å². The predicted molar refractivity (Wildman–Crippen MR) is 67.3 cm³/mol. The Labute approximate surface area is 96.7 Å². The molecule has 86 valence electrons. The first-order valence-corrected chi connectivity index (χ1v) is 6.89. The standard InChI is InChI=1S/C11H21N3S/c1-4-5-12-8-11-9-13-10(2)14(11)6-7-15-3/h9,12H,4-8H2,1-3H3. The third-order valence-corrected chi connectivity index (χ3v) is 2.98. The summed E-state index contributed by atoms with van der Waals surface area (Å²) in [6.07, 6.45) is 5.30. The summed E-state index contributed by atoms with van der Waals surface area (Å²) in [5.74, 6) is 2.27. The van der Waals surface area contributed by atoms with Crippen LogP contribution in [0.25, 0.3) is 0 Å². The molecule has 0 spiro atoms. The van der Waals surface area contributed by atoms with Gasteiger partial charge in [-0.15, -0.1) is 0 Å². The third-order valence-electron chi connectivity index (χ3n) is 2.39. The van der Waals surface area contributed by atoms with E-state index in [9.17, 15) is 0 Å². The van der Waals surface area contributed by atoms with Crippen molar-refractivity contribution in [3.05, 3.63) is 17.7 Å². The lowest BCUT2D eigenvalue weighted by Gasteiger charge is -2.09. The van der Waals surface area contributed by atoms with Gasteiger partial charge in [0.15, 0.2) is 0 Å². The molecule has 1 rings (SSSR count). The van der Waals surface area contributed by atoms with Crippen LogP contribution >= 0.6 is 11.8 Å². The number of hydrogen-bond acceptors (Lipinski definition) is 3. The number of thioether (sulfide) groups is 1. The SMILES string of the molecule is CCCNCc1cnc(C)n1CCSC. The summed E-state index contributed by atoms with van der Waals surface area (Å²) in [6.45, 7) is 7.33. The molecule has 3 nitrogen and oxygen atoms in total. The van der Waals surface area contributed by atoms with Crippen molar-refractivity contribution in [1.82, 2.24) is 14.9 Å². The van der Waals surface area contributed by atoms with Gasteiger partial charge in [-0.3, -0.25) is 0 Å². The molecule has 1 aromatic heterocycles. The molecule has 0 amide bonds. The largest absolute Gasteiger partial charge is 0.330 e. The highest BCUT2D eigenvalue weighted by atomic mass is 32.2. The molecule has 0 fully saturated rings. The Morgan fingerprint density at radius 1 is 1.53 bits per heavy atom. The Morgan fingerprint density at radius 2 is 2.33 bits per heavy atom. The lowest BCUT2D eigenvalue weighted by Crippen LogP contribution is -2.17. The van der Waals surface area contributed by atoms with Crippen LogP contribution in [-0.2, 0) is 13.1 Å². The van der Waals surface area contributed by atoms with Crippen molar-refractivity contribution < 1.29 is 0 Å². The molecule has 0 atom stereocenters. The zero-order chi connectivity index (χ0) is 11.1. The predicted octanol–water partition coefficient (Wildman–Crippen LogP) is 2.05. The van der Waals surface area contributed by atoms with E-state index in [0.717, 1.165) is 31.2 Å². The summed E-state index contributed by atoms with van der Waals surface area (Å²) in [4.78, 5) is 4.36. The van der Waals surface area contributed by atoms with Gasteiger partial charge in [0.05, 0.1) is 5.69 Å². The van der Waals surface area contributed by atoms with Crippen molar-refractivity contribution in [2.24, 2.45) is 0 Å². The Hall–Kier alpha value is -0.480. The molecule has 1 heterocycles. The normalized spacial score (nSPS) is 10.9. The quantitative estimate of drug-likeness (QED) is 0.723. The minimum absolute atomic E-state index is 0.934. The second kappa shape index (κ2) is 6.90. The average Bonchev–Trinajstić information content (AvgIpc) is 2.58. The maximum Gasteiger partial charge on any atom is 0.105 e. The monoisotopic (exact) mass is 227 g/mol. The molecule has 0 unspecified atom stereocenters. The zero-order valence-corrected chi connectivity index (χ0v) is 10.7. The number of aryl methyl sites for hydroxylation is 1. The molecular formula is C11H21N3S. The smallest absolute Gasteiger partial charge is 0.105 e. The Bertz CT molecular complexity index is 283. The maximum atomic E-state index is 4.36. The number of nitrogens with zero attached hydrogens (tertiary/aromatic N) is 2. The second-order valence-electron chi connectivity index (χ2n) is 3.62. The average molecular weight is 227 g/mol. The molecule has 0 saturated carbocycles. The molecule has 1 aromatic rings. The molecule has 0 aromatic carbocycles. The van der Waals surface area contributed by atoms with Crippen LogP contribution in [0.1, 0.15) is 24.9 Å². The molecule has 0 radical (unpaired) electrons. The summed E-state index contributed by atoms with van der Waals surface area (Å²) in [5, 5.41) is 3.41. The van der Waals surface area contributed by atoms with Gasteiger partial charge in [-0.2, -0.15) is 11.8 Å². The van der Waals surface area contributed by atoms with Crippen LogP contribution in [0, 0.1) is 6.92 Å². The van der Waals surface area contributed by atoms with Gasteiger partial charge in [-0.25, -0.2) is 4.98 Å². The molecule has 0 aliphatic heterocycles. The van der Waals surface area contributed by atoms with Crippen molar-refractivity contribution in [3.63, 3.8) is 0 Å². The molecule has 15 heavy (non-hydrogen) atoms. The van der Waals surface area contributed by atoms with Gasteiger partial charge in [0.2, 0.25) is 0 Å². The highest BCUT2D eigenvalue weighted by molar-refractivity contribution is 7.98. The summed E-state index contributed by atoms with van der Waals surface area (Å²) in [7, 11) is 0. The van der Waals surface area contributed by atoms with E-state index in [0.29, 0.717) is 0 Å². The van der Waals surface area contributed by atoms with Crippen LogP contribution in [0.3, 0.4) is 0 Å². The Balaban J connectivity index is 2.53. The summed E-state index contributed by atoms with van der Waals surface area (Å²) in [6, 6.07) is 0. The molecule has 0 bridgehead atoms. The fourth-order valence-electron chi connectivity index (χ4n) is 1.54. The van der Waals surface area contributed by atoms with Gasteiger partial charge >= 0.3 is 0 Å². The molecule has 0 aliphatic rings. The van der Waals surface area contributed by atoms with Crippen LogP contribution < -0.4 is 5.32 Å². The van der Waals surface area contributed by atoms with Crippen molar-refractivity contribution in [2.75, 3.05) is 18.6 Å². The topological polar surface area (TPSA) is 29.9 Å². The fraction of sp³-hybridized carbons (Fsp3) is 0.727. The van der Waals surface area contributed by atoms with Crippen molar-refractivity contribution in [2.45, 2.75) is 33.4 Å².